The highest BCUT2D eigenvalue weighted by Gasteiger charge is 2.36. The second-order valence-corrected chi connectivity index (χ2v) is 7.20. The van der Waals surface area contributed by atoms with Crippen LogP contribution >= 0.6 is 0 Å². The van der Waals surface area contributed by atoms with Gasteiger partial charge >= 0.3 is 0 Å². The Morgan fingerprint density at radius 3 is 2.63 bits per heavy atom. The minimum absolute atomic E-state index is 0.00582. The molecule has 1 saturated carbocycles. The number of hydrogen-bond acceptors (Lipinski definition) is 4. The molecule has 7 heteroatoms. The Labute approximate surface area is 158 Å². The Balaban J connectivity index is 1.53. The number of carbonyl (C=O) groups excluding carboxylic acids is 1. The van der Waals surface area contributed by atoms with Gasteiger partial charge in [-0.05, 0) is 44.7 Å². The summed E-state index contributed by atoms with van der Waals surface area (Å²) in [6.45, 7) is 3.97. The predicted molar refractivity (Wildman–Crippen MR) is 101 cm³/mol. The lowest BCUT2D eigenvalue weighted by molar-refractivity contribution is -0.121. The van der Waals surface area contributed by atoms with E-state index in [9.17, 15) is 4.79 Å². The van der Waals surface area contributed by atoms with Crippen molar-refractivity contribution >= 4 is 5.91 Å². The molecule has 4 rings (SSSR count). The summed E-state index contributed by atoms with van der Waals surface area (Å²) in [7, 11) is 1.86. The van der Waals surface area contributed by atoms with Crippen molar-refractivity contribution in [1.29, 1.82) is 0 Å². The Morgan fingerprint density at radius 1 is 1.26 bits per heavy atom. The van der Waals surface area contributed by atoms with E-state index in [0.29, 0.717) is 12.3 Å². The van der Waals surface area contributed by atoms with Gasteiger partial charge in [-0.3, -0.25) is 9.48 Å². The largest absolute Gasteiger partial charge is 0.346 e. The van der Waals surface area contributed by atoms with E-state index in [-0.39, 0.29) is 11.9 Å². The van der Waals surface area contributed by atoms with E-state index in [2.05, 4.69) is 20.5 Å². The number of amides is 1. The van der Waals surface area contributed by atoms with Gasteiger partial charge in [0.05, 0.1) is 23.8 Å². The fraction of sp³-hybridized carbons (Fsp3) is 0.400. The minimum Gasteiger partial charge on any atom is -0.346 e. The van der Waals surface area contributed by atoms with Gasteiger partial charge in [-0.2, -0.15) is 10.2 Å². The lowest BCUT2D eigenvalue weighted by Crippen LogP contribution is -2.33. The first-order chi connectivity index (χ1) is 13.0. The van der Waals surface area contributed by atoms with E-state index < -0.39 is 0 Å². The zero-order valence-corrected chi connectivity index (χ0v) is 15.9. The number of carbonyl (C=O) groups is 1. The molecule has 7 nitrogen and oxygen atoms in total. The molecule has 140 valence electrons. The van der Waals surface area contributed by atoms with Gasteiger partial charge in [-0.15, -0.1) is 0 Å². The highest BCUT2D eigenvalue weighted by molar-refractivity contribution is 5.79. The molecule has 2 aromatic heterocycles. The zero-order valence-electron chi connectivity index (χ0n) is 15.9. The second kappa shape index (κ2) is 6.98. The van der Waals surface area contributed by atoms with Crippen molar-refractivity contribution in [3.05, 3.63) is 59.4 Å². The summed E-state index contributed by atoms with van der Waals surface area (Å²) in [5.74, 6) is 1.26. The van der Waals surface area contributed by atoms with E-state index in [1.807, 2.05) is 55.9 Å². The molecular formula is C20H24N6O. The van der Waals surface area contributed by atoms with Gasteiger partial charge in [0.2, 0.25) is 5.91 Å². The lowest BCUT2D eigenvalue weighted by atomic mass is 10.1. The molecule has 2 heterocycles. The van der Waals surface area contributed by atoms with E-state index in [0.717, 1.165) is 41.3 Å². The SMILES string of the molecule is Cc1nn(-c2ccccc2)c(C)c1CC(=O)NC(c1ncnn1C)C1CC1. The van der Waals surface area contributed by atoms with E-state index in [1.165, 1.54) is 6.33 Å². The number of benzene rings is 1. The third kappa shape index (κ3) is 3.49. The van der Waals surface area contributed by atoms with Crippen molar-refractivity contribution in [1.82, 2.24) is 29.9 Å². The van der Waals surface area contributed by atoms with Gasteiger partial charge in [-0.1, -0.05) is 18.2 Å². The van der Waals surface area contributed by atoms with Crippen LogP contribution in [0.25, 0.3) is 5.69 Å². The van der Waals surface area contributed by atoms with Crippen molar-refractivity contribution in [2.24, 2.45) is 13.0 Å². The molecule has 1 aliphatic carbocycles. The molecule has 1 atom stereocenters. The quantitative estimate of drug-likeness (QED) is 0.729. The number of para-hydroxylation sites is 1. The maximum absolute atomic E-state index is 12.8. The predicted octanol–water partition coefficient (Wildman–Crippen LogP) is 2.43. The molecule has 0 aliphatic heterocycles. The molecule has 1 amide bonds. The highest BCUT2D eigenvalue weighted by atomic mass is 16.1. The molecule has 0 saturated heterocycles. The highest BCUT2D eigenvalue weighted by Crippen LogP contribution is 2.40. The second-order valence-electron chi connectivity index (χ2n) is 7.20. The number of aryl methyl sites for hydroxylation is 2. The third-order valence-electron chi connectivity index (χ3n) is 5.21. The number of rotatable bonds is 6. The zero-order chi connectivity index (χ0) is 19.0. The van der Waals surface area contributed by atoms with Crippen molar-refractivity contribution in [2.45, 2.75) is 39.2 Å². The molecule has 3 aromatic rings. The van der Waals surface area contributed by atoms with Crippen LogP contribution in [0.3, 0.4) is 0 Å². The van der Waals surface area contributed by atoms with Gasteiger partial charge in [0.25, 0.3) is 0 Å². The van der Waals surface area contributed by atoms with Crippen LogP contribution < -0.4 is 5.32 Å². The average Bonchev–Trinajstić information content (AvgIpc) is 3.37. The molecule has 27 heavy (non-hydrogen) atoms. The van der Waals surface area contributed by atoms with Crippen molar-refractivity contribution in [2.75, 3.05) is 0 Å². The van der Waals surface area contributed by atoms with Crippen LogP contribution in [0.1, 0.15) is 41.7 Å². The number of nitrogens with zero attached hydrogens (tertiary/aromatic N) is 5. The summed E-state index contributed by atoms with van der Waals surface area (Å²) in [5, 5.41) is 12.0. The molecule has 0 radical (unpaired) electrons. The monoisotopic (exact) mass is 364 g/mol. The van der Waals surface area contributed by atoms with Crippen LogP contribution in [-0.4, -0.2) is 30.5 Å². The van der Waals surface area contributed by atoms with E-state index >= 15 is 0 Å². The number of nitrogens with one attached hydrogen (secondary N) is 1. The smallest absolute Gasteiger partial charge is 0.225 e. The summed E-state index contributed by atoms with van der Waals surface area (Å²) < 4.78 is 3.65. The van der Waals surface area contributed by atoms with Gasteiger partial charge in [0.1, 0.15) is 12.2 Å². The molecule has 1 N–H and O–H groups in total. The van der Waals surface area contributed by atoms with Crippen LogP contribution in [0.4, 0.5) is 0 Å². The summed E-state index contributed by atoms with van der Waals surface area (Å²) in [6.07, 6.45) is 4.07. The van der Waals surface area contributed by atoms with Crippen LogP contribution in [0.15, 0.2) is 36.7 Å². The Bertz CT molecular complexity index is 954. The average molecular weight is 364 g/mol. The van der Waals surface area contributed by atoms with Crippen LogP contribution in [0.2, 0.25) is 0 Å². The molecule has 1 aromatic carbocycles. The topological polar surface area (TPSA) is 77.6 Å². The Kier molecular flexibility index (Phi) is 4.51. The number of aromatic nitrogens is 5. The minimum atomic E-state index is -0.0743. The van der Waals surface area contributed by atoms with Gasteiger partial charge in [0, 0.05) is 18.3 Å². The Morgan fingerprint density at radius 2 is 2.00 bits per heavy atom. The first-order valence-electron chi connectivity index (χ1n) is 9.28. The molecule has 0 bridgehead atoms. The Hall–Kier alpha value is -2.96. The molecule has 1 fully saturated rings. The molecular weight excluding hydrogens is 340 g/mol. The molecule has 0 spiro atoms. The van der Waals surface area contributed by atoms with Crippen LogP contribution in [-0.2, 0) is 18.3 Å². The molecule has 1 unspecified atom stereocenters. The van der Waals surface area contributed by atoms with Gasteiger partial charge < -0.3 is 5.32 Å². The van der Waals surface area contributed by atoms with Crippen molar-refractivity contribution in [3.8, 4) is 5.69 Å². The number of hydrogen-bond donors (Lipinski definition) is 1. The van der Waals surface area contributed by atoms with Gasteiger partial charge in [0.15, 0.2) is 0 Å². The standard InChI is InChI=1S/C20H24N6O/c1-13-17(14(2)26(24-13)16-7-5-4-6-8-16)11-18(27)23-19(15-9-10-15)20-21-12-22-25(20)3/h4-8,12,15,19H,9-11H2,1-3H3,(H,23,27). The van der Waals surface area contributed by atoms with E-state index in [1.54, 1.807) is 4.68 Å². The first kappa shape index (κ1) is 17.5. The summed E-state index contributed by atoms with van der Waals surface area (Å²) in [6, 6.07) is 9.91. The summed E-state index contributed by atoms with van der Waals surface area (Å²) in [4.78, 5) is 17.1. The lowest BCUT2D eigenvalue weighted by Gasteiger charge is -2.17. The fourth-order valence-electron chi connectivity index (χ4n) is 3.55. The van der Waals surface area contributed by atoms with Crippen molar-refractivity contribution in [3.63, 3.8) is 0 Å². The molecule has 1 aliphatic rings. The maximum atomic E-state index is 12.8. The fourth-order valence-corrected chi connectivity index (χ4v) is 3.55. The normalized spacial score (nSPS) is 14.9. The summed E-state index contributed by atoms with van der Waals surface area (Å²) in [5.41, 5.74) is 3.85. The maximum Gasteiger partial charge on any atom is 0.225 e. The summed E-state index contributed by atoms with van der Waals surface area (Å²) >= 11 is 0. The van der Waals surface area contributed by atoms with Crippen molar-refractivity contribution < 1.29 is 4.79 Å². The third-order valence-corrected chi connectivity index (χ3v) is 5.21. The van der Waals surface area contributed by atoms with Crippen LogP contribution in [0.5, 0.6) is 0 Å². The van der Waals surface area contributed by atoms with E-state index in [4.69, 9.17) is 0 Å². The van der Waals surface area contributed by atoms with Crippen LogP contribution in [0, 0.1) is 19.8 Å². The first-order valence-corrected chi connectivity index (χ1v) is 9.28. The van der Waals surface area contributed by atoms with Gasteiger partial charge in [-0.25, -0.2) is 9.67 Å².